The number of nitrogens with one attached hydrogen (secondary N) is 1. The van der Waals surface area contributed by atoms with E-state index in [1.54, 1.807) is 31.2 Å². The minimum absolute atomic E-state index is 0.00716. The Labute approximate surface area is 216 Å². The molecule has 0 saturated heterocycles. The topological polar surface area (TPSA) is 148 Å². The van der Waals surface area contributed by atoms with Crippen LogP contribution in [-0.4, -0.2) is 69.7 Å². The summed E-state index contributed by atoms with van der Waals surface area (Å²) in [5.74, 6) is -0.452. The van der Waals surface area contributed by atoms with Crippen LogP contribution in [0.25, 0.3) is 0 Å². The van der Waals surface area contributed by atoms with Crippen LogP contribution in [0.2, 0.25) is 0 Å². The number of benzene rings is 2. The van der Waals surface area contributed by atoms with E-state index in [0.29, 0.717) is 24.3 Å². The first-order valence-electron chi connectivity index (χ1n) is 11.4. The molecule has 1 unspecified atom stereocenters. The minimum Gasteiger partial charge on any atom is -0.497 e. The Kier molecular flexibility index (Phi) is 10.2. The first-order chi connectivity index (χ1) is 17.4. The summed E-state index contributed by atoms with van der Waals surface area (Å²) in [6, 6.07) is 9.38. The Balaban J connectivity index is 2.49. The van der Waals surface area contributed by atoms with Crippen LogP contribution in [0.15, 0.2) is 42.5 Å². The largest absolute Gasteiger partial charge is 0.497 e. The van der Waals surface area contributed by atoms with Crippen molar-refractivity contribution in [3.8, 4) is 11.5 Å². The molecule has 2 amide bonds. The average molecular weight is 537 g/mol. The number of rotatable bonds is 13. The minimum atomic E-state index is -4.10. The number of nitrogens with zero attached hydrogens (tertiary/aromatic N) is 3. The van der Waals surface area contributed by atoms with Crippen molar-refractivity contribution < 1.29 is 32.4 Å². The first kappa shape index (κ1) is 29.4. The maximum atomic E-state index is 13.6. The number of amides is 2. The zero-order valence-corrected chi connectivity index (χ0v) is 22.3. The zero-order valence-electron chi connectivity index (χ0n) is 21.5. The highest BCUT2D eigenvalue weighted by Gasteiger charge is 2.32. The number of methoxy groups -OCH3 is 2. The molecule has 0 aliphatic rings. The van der Waals surface area contributed by atoms with E-state index in [2.05, 4.69) is 5.32 Å². The highest BCUT2D eigenvalue weighted by atomic mass is 32.2. The molecule has 1 N–H and O–H groups in total. The second kappa shape index (κ2) is 12.9. The van der Waals surface area contributed by atoms with Gasteiger partial charge in [-0.2, -0.15) is 0 Å². The number of ether oxygens (including phenoxy) is 2. The molecule has 13 heteroatoms. The normalized spacial score (nSPS) is 11.8. The van der Waals surface area contributed by atoms with Crippen LogP contribution in [0.5, 0.6) is 11.5 Å². The summed E-state index contributed by atoms with van der Waals surface area (Å²) in [5, 5.41) is 14.1. The van der Waals surface area contributed by atoms with E-state index < -0.39 is 39.3 Å². The molecule has 202 valence electrons. The van der Waals surface area contributed by atoms with E-state index >= 15 is 0 Å². The first-order valence-corrected chi connectivity index (χ1v) is 13.3. The molecule has 0 heterocycles. The molecule has 0 bridgehead atoms. The van der Waals surface area contributed by atoms with Crippen LogP contribution < -0.4 is 19.1 Å². The fourth-order valence-corrected chi connectivity index (χ4v) is 4.33. The van der Waals surface area contributed by atoms with Gasteiger partial charge in [-0.25, -0.2) is 8.42 Å². The van der Waals surface area contributed by atoms with Crippen LogP contribution in [0, 0.1) is 10.1 Å². The van der Waals surface area contributed by atoms with Crippen molar-refractivity contribution in [3.63, 3.8) is 0 Å². The number of carbonyl (C=O) groups is 2. The molecule has 37 heavy (non-hydrogen) atoms. The smallest absolute Gasteiger partial charge is 0.271 e. The van der Waals surface area contributed by atoms with Gasteiger partial charge < -0.3 is 19.7 Å². The predicted molar refractivity (Wildman–Crippen MR) is 138 cm³/mol. The molecule has 0 saturated carbocycles. The van der Waals surface area contributed by atoms with Gasteiger partial charge in [0, 0.05) is 25.2 Å². The Morgan fingerprint density at radius 3 is 2.27 bits per heavy atom. The van der Waals surface area contributed by atoms with Crippen LogP contribution in [0.1, 0.15) is 25.8 Å². The quantitative estimate of drug-likeness (QED) is 0.303. The third kappa shape index (κ3) is 7.81. The molecule has 0 spiro atoms. The molecule has 2 aromatic rings. The lowest BCUT2D eigenvalue weighted by atomic mass is 10.1. The molecule has 2 rings (SSSR count). The number of anilines is 1. The van der Waals surface area contributed by atoms with Gasteiger partial charge in [-0.1, -0.05) is 19.1 Å². The van der Waals surface area contributed by atoms with Crippen molar-refractivity contribution in [2.75, 3.05) is 37.9 Å². The van der Waals surface area contributed by atoms with Gasteiger partial charge in [0.2, 0.25) is 21.8 Å². The van der Waals surface area contributed by atoms with Crippen molar-refractivity contribution in [2.45, 2.75) is 32.9 Å². The molecule has 0 fully saturated rings. The van der Waals surface area contributed by atoms with E-state index in [0.717, 1.165) is 16.6 Å². The number of sulfonamides is 1. The molecule has 12 nitrogen and oxygen atoms in total. The Bertz CT molecular complexity index is 1220. The molecule has 1 atom stereocenters. The summed E-state index contributed by atoms with van der Waals surface area (Å²) in [7, 11) is -1.30. The Morgan fingerprint density at radius 1 is 1.11 bits per heavy atom. The van der Waals surface area contributed by atoms with Crippen molar-refractivity contribution >= 4 is 33.2 Å². The molecule has 0 aromatic heterocycles. The summed E-state index contributed by atoms with van der Waals surface area (Å²) >= 11 is 0. The third-order valence-electron chi connectivity index (χ3n) is 5.55. The number of nitro benzene ring substituents is 1. The summed E-state index contributed by atoms with van der Waals surface area (Å²) < 4.78 is 36.6. The second-order valence-electron chi connectivity index (χ2n) is 8.22. The fourth-order valence-electron chi connectivity index (χ4n) is 3.49. The van der Waals surface area contributed by atoms with Gasteiger partial charge in [-0.05, 0) is 37.1 Å². The van der Waals surface area contributed by atoms with E-state index in [-0.39, 0.29) is 23.7 Å². The Hall–Kier alpha value is -3.87. The van der Waals surface area contributed by atoms with E-state index in [1.807, 2.05) is 6.92 Å². The summed E-state index contributed by atoms with van der Waals surface area (Å²) in [5.41, 5.74) is 0.141. The maximum Gasteiger partial charge on any atom is 0.271 e. The van der Waals surface area contributed by atoms with Crippen molar-refractivity contribution in [2.24, 2.45) is 0 Å². The molecule has 2 aromatic carbocycles. The van der Waals surface area contributed by atoms with Gasteiger partial charge in [-0.3, -0.25) is 24.0 Å². The van der Waals surface area contributed by atoms with Crippen LogP contribution in [0.4, 0.5) is 11.4 Å². The van der Waals surface area contributed by atoms with Gasteiger partial charge in [0.25, 0.3) is 5.69 Å². The van der Waals surface area contributed by atoms with Crippen molar-refractivity contribution in [1.82, 2.24) is 10.2 Å². The van der Waals surface area contributed by atoms with Crippen molar-refractivity contribution in [3.05, 3.63) is 58.1 Å². The molecule has 0 radical (unpaired) electrons. The summed E-state index contributed by atoms with van der Waals surface area (Å²) in [4.78, 5) is 38.2. The molecular weight excluding hydrogens is 504 g/mol. The predicted octanol–water partition coefficient (Wildman–Crippen LogP) is 2.32. The SMILES string of the molecule is CCCNC(=O)C(C)N(Cc1ccc(OC)cc1)C(=O)CN(c1cc([N+](=O)[O-])ccc1OC)S(C)(=O)=O. The highest BCUT2D eigenvalue weighted by molar-refractivity contribution is 7.92. The van der Waals surface area contributed by atoms with Gasteiger partial charge in [0.1, 0.15) is 29.8 Å². The van der Waals surface area contributed by atoms with Crippen LogP contribution in [-0.2, 0) is 26.2 Å². The Morgan fingerprint density at radius 2 is 1.76 bits per heavy atom. The lowest BCUT2D eigenvalue weighted by Crippen LogP contribution is -2.51. The number of hydrogen-bond acceptors (Lipinski definition) is 8. The number of non-ortho nitro benzene ring substituents is 1. The molecular formula is C24H32N4O8S. The number of hydrogen-bond donors (Lipinski definition) is 1. The standard InChI is InChI=1S/C24H32N4O8S/c1-6-13-25-24(30)17(2)26(15-18-7-10-20(35-3)11-8-18)23(29)16-27(37(5,33)34)21-14-19(28(31)32)9-12-22(21)36-4/h7-12,14,17H,6,13,15-16H2,1-5H3,(H,25,30). The number of carbonyl (C=O) groups excluding carboxylic acids is 2. The molecule has 0 aliphatic carbocycles. The average Bonchev–Trinajstić information content (AvgIpc) is 2.87. The monoisotopic (exact) mass is 536 g/mol. The van der Waals surface area contributed by atoms with Crippen LogP contribution >= 0.6 is 0 Å². The summed E-state index contributed by atoms with van der Waals surface area (Å²) in [6.07, 6.45) is 1.57. The van der Waals surface area contributed by atoms with E-state index in [9.17, 15) is 28.1 Å². The molecule has 0 aliphatic heterocycles. The van der Waals surface area contributed by atoms with Crippen molar-refractivity contribution in [1.29, 1.82) is 0 Å². The fraction of sp³-hybridized carbons (Fsp3) is 0.417. The third-order valence-corrected chi connectivity index (χ3v) is 6.68. The second-order valence-corrected chi connectivity index (χ2v) is 10.1. The lowest BCUT2D eigenvalue weighted by Gasteiger charge is -2.31. The van der Waals surface area contributed by atoms with Gasteiger partial charge in [0.05, 0.1) is 25.4 Å². The highest BCUT2D eigenvalue weighted by Crippen LogP contribution is 2.34. The van der Waals surface area contributed by atoms with E-state index in [4.69, 9.17) is 9.47 Å². The zero-order chi connectivity index (χ0) is 27.8. The van der Waals surface area contributed by atoms with Gasteiger partial charge in [0.15, 0.2) is 0 Å². The van der Waals surface area contributed by atoms with E-state index in [1.165, 1.54) is 31.3 Å². The summed E-state index contributed by atoms with van der Waals surface area (Å²) in [6.45, 7) is 3.14. The van der Waals surface area contributed by atoms with Gasteiger partial charge in [-0.15, -0.1) is 0 Å². The maximum absolute atomic E-state index is 13.6. The number of nitro groups is 1. The van der Waals surface area contributed by atoms with Crippen LogP contribution in [0.3, 0.4) is 0 Å². The lowest BCUT2D eigenvalue weighted by molar-refractivity contribution is -0.384. The van der Waals surface area contributed by atoms with Gasteiger partial charge >= 0.3 is 0 Å².